The van der Waals surface area contributed by atoms with E-state index in [0.29, 0.717) is 13.1 Å². The second-order valence-corrected chi connectivity index (χ2v) is 3.28. The maximum atomic E-state index is 11.5. The first-order valence-corrected chi connectivity index (χ1v) is 5.41. The van der Waals surface area contributed by atoms with Crippen molar-refractivity contribution in [2.75, 3.05) is 19.6 Å². The Morgan fingerprint density at radius 1 is 1.41 bits per heavy atom. The molecule has 0 bridgehead atoms. The first-order chi connectivity index (χ1) is 8.04. The van der Waals surface area contributed by atoms with Gasteiger partial charge in [-0.1, -0.05) is 0 Å². The summed E-state index contributed by atoms with van der Waals surface area (Å²) < 4.78 is 0. The number of carboxylic acid groups (broad SMARTS) is 1. The fourth-order valence-corrected chi connectivity index (χ4v) is 1.11. The summed E-state index contributed by atoms with van der Waals surface area (Å²) in [6, 6.07) is 1.80. The Hall–Kier alpha value is -2.03. The fourth-order valence-electron chi connectivity index (χ4n) is 1.11. The van der Waals surface area contributed by atoms with Gasteiger partial charge >= 0.3 is 5.97 Å². The van der Waals surface area contributed by atoms with Gasteiger partial charge in [-0.25, -0.2) is 0 Å². The molecule has 6 nitrogen and oxygen atoms in total. The number of amides is 1. The van der Waals surface area contributed by atoms with Crippen molar-refractivity contribution in [1.82, 2.24) is 10.2 Å². The Bertz CT molecular complexity index is 340. The standard InChI is InChI=1S/C11H17N3O3/c1-3-14(4-2)8-9(7-12)11(17)13-6-5-10(15)16/h8H,3-6H2,1-2H3,(H,13,17)(H,15,16)/b9-8-. The average molecular weight is 239 g/mol. The van der Waals surface area contributed by atoms with Gasteiger partial charge in [-0.15, -0.1) is 0 Å². The van der Waals surface area contributed by atoms with E-state index in [9.17, 15) is 9.59 Å². The van der Waals surface area contributed by atoms with E-state index >= 15 is 0 Å². The van der Waals surface area contributed by atoms with Crippen LogP contribution in [0.5, 0.6) is 0 Å². The largest absolute Gasteiger partial charge is 0.481 e. The van der Waals surface area contributed by atoms with E-state index in [1.807, 2.05) is 18.7 Å². The molecule has 0 aliphatic carbocycles. The third-order valence-corrected chi connectivity index (χ3v) is 2.11. The topological polar surface area (TPSA) is 93.4 Å². The zero-order valence-corrected chi connectivity index (χ0v) is 10.1. The number of hydrogen-bond acceptors (Lipinski definition) is 4. The molecule has 0 fully saturated rings. The Labute approximate surface area is 101 Å². The highest BCUT2D eigenvalue weighted by Crippen LogP contribution is 1.97. The smallest absolute Gasteiger partial charge is 0.305 e. The van der Waals surface area contributed by atoms with Gasteiger partial charge in [-0.2, -0.15) is 5.26 Å². The first-order valence-electron chi connectivity index (χ1n) is 5.41. The van der Waals surface area contributed by atoms with E-state index in [0.717, 1.165) is 0 Å². The molecule has 0 heterocycles. The molecule has 0 aliphatic rings. The van der Waals surface area contributed by atoms with E-state index in [-0.39, 0.29) is 18.5 Å². The molecule has 0 radical (unpaired) electrons. The average Bonchev–Trinajstić information content (AvgIpc) is 2.30. The normalized spacial score (nSPS) is 10.5. The van der Waals surface area contributed by atoms with E-state index < -0.39 is 11.9 Å². The van der Waals surface area contributed by atoms with Crippen LogP contribution in [0, 0.1) is 11.3 Å². The van der Waals surface area contributed by atoms with Crippen LogP contribution < -0.4 is 5.32 Å². The Kier molecular flexibility index (Phi) is 7.19. The quantitative estimate of drug-likeness (QED) is 0.493. The number of carbonyl (C=O) groups excluding carboxylic acids is 1. The third kappa shape index (κ3) is 6.20. The molecular formula is C11H17N3O3. The van der Waals surface area contributed by atoms with E-state index in [1.54, 1.807) is 6.07 Å². The van der Waals surface area contributed by atoms with E-state index in [2.05, 4.69) is 5.32 Å². The van der Waals surface area contributed by atoms with Gasteiger partial charge < -0.3 is 15.3 Å². The minimum atomic E-state index is -0.989. The summed E-state index contributed by atoms with van der Waals surface area (Å²) in [4.78, 5) is 23.6. The lowest BCUT2D eigenvalue weighted by atomic mass is 10.2. The maximum Gasteiger partial charge on any atom is 0.305 e. The predicted molar refractivity (Wildman–Crippen MR) is 61.9 cm³/mol. The number of nitrogens with zero attached hydrogens (tertiary/aromatic N) is 2. The van der Waals surface area contributed by atoms with Crippen LogP contribution in [0.1, 0.15) is 20.3 Å². The summed E-state index contributed by atoms with van der Waals surface area (Å²) in [7, 11) is 0. The van der Waals surface area contributed by atoms with Crippen LogP contribution in [0.25, 0.3) is 0 Å². The van der Waals surface area contributed by atoms with Crippen LogP contribution in [-0.2, 0) is 9.59 Å². The maximum absolute atomic E-state index is 11.5. The summed E-state index contributed by atoms with van der Waals surface area (Å²) in [5.41, 5.74) is -0.0147. The van der Waals surface area contributed by atoms with Crippen molar-refractivity contribution in [2.24, 2.45) is 0 Å². The molecule has 2 N–H and O–H groups in total. The summed E-state index contributed by atoms with van der Waals surface area (Å²) >= 11 is 0. The summed E-state index contributed by atoms with van der Waals surface area (Å²) in [5.74, 6) is -1.53. The van der Waals surface area contributed by atoms with Crippen molar-refractivity contribution < 1.29 is 14.7 Å². The second-order valence-electron chi connectivity index (χ2n) is 3.28. The predicted octanol–water partition coefficient (Wildman–Crippen LogP) is 0.327. The highest BCUT2D eigenvalue weighted by molar-refractivity contribution is 5.97. The van der Waals surface area contributed by atoms with Gasteiger partial charge in [-0.05, 0) is 13.8 Å². The number of aliphatic carboxylic acids is 1. The van der Waals surface area contributed by atoms with Gasteiger partial charge in [0.2, 0.25) is 0 Å². The highest BCUT2D eigenvalue weighted by atomic mass is 16.4. The molecular weight excluding hydrogens is 222 g/mol. The van der Waals surface area contributed by atoms with Crippen LogP contribution in [0.4, 0.5) is 0 Å². The van der Waals surface area contributed by atoms with E-state index in [1.165, 1.54) is 6.20 Å². The van der Waals surface area contributed by atoms with Gasteiger partial charge in [0.05, 0.1) is 6.42 Å². The van der Waals surface area contributed by atoms with Crippen LogP contribution in [-0.4, -0.2) is 41.5 Å². The molecule has 0 aromatic rings. The fraction of sp³-hybridized carbons (Fsp3) is 0.545. The van der Waals surface area contributed by atoms with Crippen molar-refractivity contribution in [3.8, 4) is 6.07 Å². The molecule has 1 amide bonds. The first kappa shape index (κ1) is 15.0. The van der Waals surface area contributed by atoms with Crippen molar-refractivity contribution in [2.45, 2.75) is 20.3 Å². The number of nitrogens with one attached hydrogen (secondary N) is 1. The molecule has 94 valence electrons. The van der Waals surface area contributed by atoms with Crippen molar-refractivity contribution >= 4 is 11.9 Å². The molecule has 0 rings (SSSR count). The van der Waals surface area contributed by atoms with Crippen LogP contribution in [0.2, 0.25) is 0 Å². The molecule has 0 aliphatic heterocycles. The van der Waals surface area contributed by atoms with Crippen molar-refractivity contribution in [3.63, 3.8) is 0 Å². The van der Waals surface area contributed by atoms with Crippen molar-refractivity contribution in [1.29, 1.82) is 5.26 Å². The Morgan fingerprint density at radius 2 is 2.00 bits per heavy atom. The minimum Gasteiger partial charge on any atom is -0.481 e. The zero-order valence-electron chi connectivity index (χ0n) is 10.1. The summed E-state index contributed by atoms with van der Waals surface area (Å²) in [6.45, 7) is 5.24. The molecule has 0 atom stereocenters. The van der Waals surface area contributed by atoms with Crippen molar-refractivity contribution in [3.05, 3.63) is 11.8 Å². The van der Waals surface area contributed by atoms with Gasteiger partial charge in [0.15, 0.2) is 0 Å². The molecule has 17 heavy (non-hydrogen) atoms. The molecule has 6 heteroatoms. The summed E-state index contributed by atoms with van der Waals surface area (Å²) in [6.07, 6.45) is 1.33. The Morgan fingerprint density at radius 3 is 2.41 bits per heavy atom. The molecule has 0 saturated carbocycles. The zero-order chi connectivity index (χ0) is 13.3. The number of nitriles is 1. The van der Waals surface area contributed by atoms with Gasteiger partial charge in [0.1, 0.15) is 11.6 Å². The van der Waals surface area contributed by atoms with Crippen LogP contribution in [0.3, 0.4) is 0 Å². The van der Waals surface area contributed by atoms with Crippen LogP contribution >= 0.6 is 0 Å². The summed E-state index contributed by atoms with van der Waals surface area (Å²) in [5, 5.41) is 19.6. The molecule has 0 unspecified atom stereocenters. The van der Waals surface area contributed by atoms with Crippen LogP contribution in [0.15, 0.2) is 11.8 Å². The van der Waals surface area contributed by atoms with Gasteiger partial charge in [0, 0.05) is 25.8 Å². The lowest BCUT2D eigenvalue weighted by Gasteiger charge is -2.15. The molecule has 0 spiro atoms. The monoisotopic (exact) mass is 239 g/mol. The number of rotatable bonds is 7. The SMILES string of the molecule is CCN(/C=C(/C#N)C(=O)NCCC(=O)O)CC. The lowest BCUT2D eigenvalue weighted by Crippen LogP contribution is -2.28. The molecule has 0 aromatic heterocycles. The number of carbonyl (C=O) groups is 2. The molecule has 0 saturated heterocycles. The number of carboxylic acids is 1. The highest BCUT2D eigenvalue weighted by Gasteiger charge is 2.10. The molecule has 0 aromatic carbocycles. The third-order valence-electron chi connectivity index (χ3n) is 2.11. The second kappa shape index (κ2) is 8.16. The number of hydrogen-bond donors (Lipinski definition) is 2. The van der Waals surface area contributed by atoms with Gasteiger partial charge in [-0.3, -0.25) is 9.59 Å². The Balaban J connectivity index is 4.41. The van der Waals surface area contributed by atoms with Gasteiger partial charge in [0.25, 0.3) is 5.91 Å². The minimum absolute atomic E-state index is 0.0147. The van der Waals surface area contributed by atoms with E-state index in [4.69, 9.17) is 10.4 Å². The lowest BCUT2D eigenvalue weighted by molar-refractivity contribution is -0.136.